The number of carbonyl (C=O) groups is 1. The Hall–Kier alpha value is -1.26. The Labute approximate surface area is 131 Å². The summed E-state index contributed by atoms with van der Waals surface area (Å²) in [6.45, 7) is 7.40. The molecular weight excluding hydrogens is 288 g/mol. The minimum Gasteiger partial charge on any atom is -0.444 e. The second-order valence-electron chi connectivity index (χ2n) is 6.54. The van der Waals surface area contributed by atoms with Crippen molar-refractivity contribution in [3.05, 3.63) is 34.9 Å². The summed E-state index contributed by atoms with van der Waals surface area (Å²) in [4.78, 5) is 13.9. The Bertz CT molecular complexity index is 513. The van der Waals surface area contributed by atoms with Gasteiger partial charge in [-0.05, 0) is 50.9 Å². The van der Waals surface area contributed by atoms with Crippen LogP contribution in [0, 0.1) is 5.92 Å². The first-order valence-corrected chi connectivity index (χ1v) is 7.61. The Morgan fingerprint density at radius 3 is 2.71 bits per heavy atom. The number of nitrogens with zero attached hydrogens (tertiary/aromatic N) is 1. The predicted octanol–water partition coefficient (Wildman–Crippen LogP) is 3.25. The van der Waals surface area contributed by atoms with E-state index in [0.717, 1.165) is 5.56 Å². The van der Waals surface area contributed by atoms with Gasteiger partial charge in [-0.15, -0.1) is 0 Å². The van der Waals surface area contributed by atoms with Crippen molar-refractivity contribution in [3.63, 3.8) is 0 Å². The molecule has 1 heterocycles. The fourth-order valence-electron chi connectivity index (χ4n) is 2.70. The molecule has 1 aliphatic rings. The molecule has 5 heteroatoms. The van der Waals surface area contributed by atoms with Gasteiger partial charge in [-0.3, -0.25) is 0 Å². The molecule has 0 bridgehead atoms. The van der Waals surface area contributed by atoms with Gasteiger partial charge in [0.25, 0.3) is 0 Å². The molecule has 0 spiro atoms. The van der Waals surface area contributed by atoms with Crippen LogP contribution in [0.25, 0.3) is 0 Å². The van der Waals surface area contributed by atoms with Crippen LogP contribution < -0.4 is 5.73 Å². The van der Waals surface area contributed by atoms with Crippen molar-refractivity contribution in [1.29, 1.82) is 0 Å². The summed E-state index contributed by atoms with van der Waals surface area (Å²) in [5.41, 5.74) is 6.52. The molecule has 2 rings (SSSR count). The van der Waals surface area contributed by atoms with E-state index in [1.807, 2.05) is 45.0 Å². The van der Waals surface area contributed by atoms with Crippen molar-refractivity contribution < 1.29 is 9.53 Å². The van der Waals surface area contributed by atoms with Crippen LogP contribution in [0.4, 0.5) is 4.79 Å². The van der Waals surface area contributed by atoms with Gasteiger partial charge in [0, 0.05) is 24.0 Å². The number of hydrogen-bond donors (Lipinski definition) is 1. The molecule has 1 aliphatic heterocycles. The maximum Gasteiger partial charge on any atom is 0.410 e. The Balaban J connectivity index is 2.12. The van der Waals surface area contributed by atoms with Gasteiger partial charge in [0.1, 0.15) is 5.60 Å². The third kappa shape index (κ3) is 4.11. The number of hydrogen-bond acceptors (Lipinski definition) is 3. The number of carbonyl (C=O) groups excluding carboxylic acids is 1. The van der Waals surface area contributed by atoms with Gasteiger partial charge >= 0.3 is 6.09 Å². The highest BCUT2D eigenvalue weighted by Crippen LogP contribution is 2.33. The summed E-state index contributed by atoms with van der Waals surface area (Å²) in [5.74, 6) is 0.442. The lowest BCUT2D eigenvalue weighted by molar-refractivity contribution is 0.0287. The second-order valence-corrected chi connectivity index (χ2v) is 6.98. The summed E-state index contributed by atoms with van der Waals surface area (Å²) < 4.78 is 5.44. The molecule has 21 heavy (non-hydrogen) atoms. The molecule has 0 radical (unpaired) electrons. The molecule has 0 unspecified atom stereocenters. The first-order chi connectivity index (χ1) is 9.80. The van der Waals surface area contributed by atoms with Gasteiger partial charge < -0.3 is 15.4 Å². The van der Waals surface area contributed by atoms with E-state index < -0.39 is 5.60 Å². The maximum atomic E-state index is 12.2. The molecule has 1 aromatic carbocycles. The van der Waals surface area contributed by atoms with Crippen molar-refractivity contribution in [1.82, 2.24) is 4.90 Å². The molecule has 116 valence electrons. The highest BCUT2D eigenvalue weighted by Gasteiger charge is 2.37. The molecule has 2 atom stereocenters. The zero-order valence-electron chi connectivity index (χ0n) is 12.8. The monoisotopic (exact) mass is 310 g/mol. The lowest BCUT2D eigenvalue weighted by Crippen LogP contribution is -2.35. The van der Waals surface area contributed by atoms with Crippen LogP contribution in [-0.4, -0.2) is 36.2 Å². The van der Waals surface area contributed by atoms with E-state index in [0.29, 0.717) is 24.7 Å². The Morgan fingerprint density at radius 2 is 2.14 bits per heavy atom. The smallest absolute Gasteiger partial charge is 0.410 e. The minimum atomic E-state index is -0.483. The third-order valence-corrected chi connectivity index (χ3v) is 3.91. The van der Waals surface area contributed by atoms with Crippen LogP contribution >= 0.6 is 11.6 Å². The first kappa shape index (κ1) is 16.1. The van der Waals surface area contributed by atoms with Crippen LogP contribution in [0.2, 0.25) is 5.02 Å². The van der Waals surface area contributed by atoms with Crippen LogP contribution in [0.3, 0.4) is 0 Å². The number of halogens is 1. The fraction of sp³-hybridized carbons (Fsp3) is 0.562. The zero-order chi connectivity index (χ0) is 15.6. The lowest BCUT2D eigenvalue weighted by atomic mass is 9.89. The summed E-state index contributed by atoms with van der Waals surface area (Å²) in [7, 11) is 0. The third-order valence-electron chi connectivity index (χ3n) is 3.67. The predicted molar refractivity (Wildman–Crippen MR) is 84.5 cm³/mol. The second kappa shape index (κ2) is 6.24. The Morgan fingerprint density at radius 1 is 1.43 bits per heavy atom. The molecule has 2 N–H and O–H groups in total. The van der Waals surface area contributed by atoms with Gasteiger partial charge in [0.15, 0.2) is 0 Å². The van der Waals surface area contributed by atoms with Gasteiger partial charge in [-0.2, -0.15) is 0 Å². The fourth-order valence-corrected chi connectivity index (χ4v) is 2.90. The van der Waals surface area contributed by atoms with Gasteiger partial charge in [-0.1, -0.05) is 23.7 Å². The van der Waals surface area contributed by atoms with Gasteiger partial charge in [0.2, 0.25) is 0 Å². The summed E-state index contributed by atoms with van der Waals surface area (Å²) in [6, 6.07) is 7.77. The molecule has 4 nitrogen and oxygen atoms in total. The van der Waals surface area contributed by atoms with Gasteiger partial charge in [-0.25, -0.2) is 4.79 Å². The average Bonchev–Trinajstić information content (AvgIpc) is 2.81. The van der Waals surface area contributed by atoms with Gasteiger partial charge in [0.05, 0.1) is 0 Å². The topological polar surface area (TPSA) is 55.6 Å². The number of ether oxygens (including phenoxy) is 1. The van der Waals surface area contributed by atoms with E-state index in [-0.39, 0.29) is 17.9 Å². The summed E-state index contributed by atoms with van der Waals surface area (Å²) in [6.07, 6.45) is -0.273. The molecule has 0 aromatic heterocycles. The molecule has 1 aromatic rings. The SMILES string of the molecule is CC(C)(C)OC(=O)N1C[C@@H](CN)[C@H](c2cccc(Cl)c2)C1. The number of benzene rings is 1. The zero-order valence-corrected chi connectivity index (χ0v) is 13.6. The first-order valence-electron chi connectivity index (χ1n) is 7.23. The average molecular weight is 311 g/mol. The molecule has 1 fully saturated rings. The van der Waals surface area contributed by atoms with Crippen molar-refractivity contribution in [2.24, 2.45) is 11.7 Å². The van der Waals surface area contributed by atoms with Crippen LogP contribution in [-0.2, 0) is 4.74 Å². The number of likely N-dealkylation sites (tertiary alicyclic amines) is 1. The van der Waals surface area contributed by atoms with E-state index in [2.05, 4.69) is 0 Å². The van der Waals surface area contributed by atoms with E-state index in [9.17, 15) is 4.79 Å². The molecule has 0 saturated carbocycles. The summed E-state index contributed by atoms with van der Waals surface area (Å²) >= 11 is 6.06. The van der Waals surface area contributed by atoms with E-state index in [4.69, 9.17) is 22.1 Å². The van der Waals surface area contributed by atoms with E-state index in [1.165, 1.54) is 0 Å². The largest absolute Gasteiger partial charge is 0.444 e. The summed E-state index contributed by atoms with van der Waals surface area (Å²) in [5, 5.41) is 0.707. The van der Waals surface area contributed by atoms with Crippen molar-refractivity contribution in [2.75, 3.05) is 19.6 Å². The van der Waals surface area contributed by atoms with Crippen LogP contribution in [0.15, 0.2) is 24.3 Å². The molecular formula is C16H23ClN2O2. The lowest BCUT2D eigenvalue weighted by Gasteiger charge is -2.24. The number of nitrogens with two attached hydrogens (primary N) is 1. The molecule has 0 aliphatic carbocycles. The van der Waals surface area contributed by atoms with Crippen molar-refractivity contribution >= 4 is 17.7 Å². The maximum absolute atomic E-state index is 12.2. The minimum absolute atomic E-state index is 0.209. The van der Waals surface area contributed by atoms with Crippen molar-refractivity contribution in [3.8, 4) is 0 Å². The molecule has 1 amide bonds. The van der Waals surface area contributed by atoms with Crippen LogP contribution in [0.1, 0.15) is 32.3 Å². The Kier molecular flexibility index (Phi) is 4.79. The van der Waals surface area contributed by atoms with E-state index in [1.54, 1.807) is 4.90 Å². The highest BCUT2D eigenvalue weighted by molar-refractivity contribution is 6.30. The number of rotatable bonds is 2. The normalized spacial score (nSPS) is 22.4. The van der Waals surface area contributed by atoms with Crippen LogP contribution in [0.5, 0.6) is 0 Å². The number of amides is 1. The highest BCUT2D eigenvalue weighted by atomic mass is 35.5. The molecule has 1 saturated heterocycles. The van der Waals surface area contributed by atoms with E-state index >= 15 is 0 Å². The van der Waals surface area contributed by atoms with Crippen molar-refractivity contribution in [2.45, 2.75) is 32.3 Å². The standard InChI is InChI=1S/C16H23ClN2O2/c1-16(2,3)21-15(20)19-9-12(8-18)14(10-19)11-5-4-6-13(17)7-11/h4-7,12,14H,8-10,18H2,1-3H3/t12-,14+/m1/s1. The quantitative estimate of drug-likeness (QED) is 0.912.